The van der Waals surface area contributed by atoms with Gasteiger partial charge in [-0.05, 0) is 31.4 Å². The summed E-state index contributed by atoms with van der Waals surface area (Å²) in [5.41, 5.74) is 7.16. The average molecular weight is 270 g/mol. The third kappa shape index (κ3) is 2.04. The summed E-state index contributed by atoms with van der Waals surface area (Å²) < 4.78 is 2.18. The summed E-state index contributed by atoms with van der Waals surface area (Å²) in [4.78, 5) is 0. The monoisotopic (exact) mass is 270 g/mol. The maximum atomic E-state index is 5.86. The lowest BCUT2D eigenvalue weighted by molar-refractivity contribution is 0.391. The molecule has 1 saturated carbocycles. The number of benzene rings is 1. The number of nitrogens with zero attached hydrogens (tertiary/aromatic N) is 3. The van der Waals surface area contributed by atoms with E-state index in [1.54, 1.807) is 0 Å². The molecule has 106 valence electrons. The van der Waals surface area contributed by atoms with Crippen LogP contribution in [0.2, 0.25) is 0 Å². The first-order valence-electron chi connectivity index (χ1n) is 7.51. The van der Waals surface area contributed by atoms with Crippen LogP contribution in [0.15, 0.2) is 30.3 Å². The van der Waals surface area contributed by atoms with Gasteiger partial charge in [0.25, 0.3) is 0 Å². The summed E-state index contributed by atoms with van der Waals surface area (Å²) in [5, 5.41) is 8.86. The van der Waals surface area contributed by atoms with Gasteiger partial charge in [0.05, 0.1) is 6.54 Å². The molecule has 1 heterocycles. The fourth-order valence-electron chi connectivity index (χ4n) is 3.43. The molecule has 1 aromatic carbocycles. The van der Waals surface area contributed by atoms with Crippen LogP contribution in [0.5, 0.6) is 0 Å². The highest BCUT2D eigenvalue weighted by Gasteiger charge is 2.39. The standard InChI is InChI=1S/C16H22N4/c1-2-16(10-6-7-11-16)15-19-18-14(12-17)20(15)13-8-4-3-5-9-13/h3-5,8-9H,2,6-7,10-12,17H2,1H3. The van der Waals surface area contributed by atoms with Crippen LogP contribution in [-0.2, 0) is 12.0 Å². The lowest BCUT2D eigenvalue weighted by Crippen LogP contribution is -2.26. The molecule has 3 rings (SSSR count). The van der Waals surface area contributed by atoms with Gasteiger partial charge in [-0.2, -0.15) is 0 Å². The summed E-state index contributed by atoms with van der Waals surface area (Å²) in [6.45, 7) is 2.68. The van der Waals surface area contributed by atoms with E-state index >= 15 is 0 Å². The molecule has 2 aromatic rings. The van der Waals surface area contributed by atoms with Crippen molar-refractivity contribution in [1.29, 1.82) is 0 Å². The van der Waals surface area contributed by atoms with Gasteiger partial charge < -0.3 is 5.73 Å². The summed E-state index contributed by atoms with van der Waals surface area (Å²) in [7, 11) is 0. The first kappa shape index (κ1) is 13.3. The van der Waals surface area contributed by atoms with Crippen LogP contribution in [0.1, 0.15) is 50.7 Å². The predicted molar refractivity (Wildman–Crippen MR) is 79.7 cm³/mol. The van der Waals surface area contributed by atoms with Crippen LogP contribution in [0.4, 0.5) is 0 Å². The molecule has 0 bridgehead atoms. The summed E-state index contributed by atoms with van der Waals surface area (Å²) in [6.07, 6.45) is 6.10. The molecule has 1 aliphatic carbocycles. The molecule has 2 N–H and O–H groups in total. The van der Waals surface area contributed by atoms with Gasteiger partial charge >= 0.3 is 0 Å². The molecule has 1 fully saturated rings. The van der Waals surface area contributed by atoms with E-state index in [0.717, 1.165) is 23.8 Å². The number of para-hydroxylation sites is 1. The molecule has 0 spiro atoms. The van der Waals surface area contributed by atoms with Crippen molar-refractivity contribution >= 4 is 0 Å². The lowest BCUT2D eigenvalue weighted by Gasteiger charge is -2.27. The lowest BCUT2D eigenvalue weighted by atomic mass is 9.82. The molecule has 0 aliphatic heterocycles. The minimum atomic E-state index is 0.177. The van der Waals surface area contributed by atoms with Crippen molar-refractivity contribution in [3.8, 4) is 5.69 Å². The largest absolute Gasteiger partial charge is 0.324 e. The van der Waals surface area contributed by atoms with Crippen molar-refractivity contribution in [3.05, 3.63) is 42.0 Å². The van der Waals surface area contributed by atoms with E-state index in [9.17, 15) is 0 Å². The molecule has 0 atom stereocenters. The molecule has 1 aromatic heterocycles. The van der Waals surface area contributed by atoms with Crippen molar-refractivity contribution < 1.29 is 0 Å². The van der Waals surface area contributed by atoms with E-state index in [4.69, 9.17) is 5.73 Å². The van der Waals surface area contributed by atoms with Gasteiger partial charge in [0.2, 0.25) is 0 Å². The van der Waals surface area contributed by atoms with Crippen LogP contribution in [0.3, 0.4) is 0 Å². The Morgan fingerprint density at radius 3 is 2.45 bits per heavy atom. The zero-order valence-electron chi connectivity index (χ0n) is 12.0. The van der Waals surface area contributed by atoms with E-state index in [-0.39, 0.29) is 5.41 Å². The molecule has 0 amide bonds. The Labute approximate surface area is 120 Å². The van der Waals surface area contributed by atoms with Crippen molar-refractivity contribution in [2.24, 2.45) is 5.73 Å². The van der Waals surface area contributed by atoms with E-state index in [1.807, 2.05) is 18.2 Å². The fraction of sp³-hybridized carbons (Fsp3) is 0.500. The maximum absolute atomic E-state index is 5.86. The van der Waals surface area contributed by atoms with Crippen molar-refractivity contribution in [2.45, 2.75) is 51.0 Å². The Morgan fingerprint density at radius 1 is 1.15 bits per heavy atom. The highest BCUT2D eigenvalue weighted by Crippen LogP contribution is 2.43. The number of rotatable bonds is 4. The number of hydrogen-bond donors (Lipinski definition) is 1. The Balaban J connectivity index is 2.15. The normalized spacial score (nSPS) is 17.5. The van der Waals surface area contributed by atoms with Gasteiger partial charge in [-0.1, -0.05) is 38.0 Å². The first-order valence-corrected chi connectivity index (χ1v) is 7.51. The zero-order chi connectivity index (χ0) is 14.0. The Bertz CT molecular complexity index is 567. The quantitative estimate of drug-likeness (QED) is 0.929. The Morgan fingerprint density at radius 2 is 1.85 bits per heavy atom. The minimum Gasteiger partial charge on any atom is -0.324 e. The topological polar surface area (TPSA) is 56.7 Å². The second-order valence-corrected chi connectivity index (χ2v) is 5.66. The minimum absolute atomic E-state index is 0.177. The summed E-state index contributed by atoms with van der Waals surface area (Å²) >= 11 is 0. The summed E-state index contributed by atoms with van der Waals surface area (Å²) in [6, 6.07) is 10.3. The van der Waals surface area contributed by atoms with E-state index in [0.29, 0.717) is 6.54 Å². The van der Waals surface area contributed by atoms with Gasteiger partial charge in [0, 0.05) is 11.1 Å². The highest BCUT2D eigenvalue weighted by atomic mass is 15.3. The third-order valence-electron chi connectivity index (χ3n) is 4.64. The fourth-order valence-corrected chi connectivity index (χ4v) is 3.43. The number of nitrogens with two attached hydrogens (primary N) is 1. The zero-order valence-corrected chi connectivity index (χ0v) is 12.0. The van der Waals surface area contributed by atoms with E-state index < -0.39 is 0 Å². The van der Waals surface area contributed by atoms with Crippen LogP contribution in [0, 0.1) is 0 Å². The molecule has 0 unspecified atom stereocenters. The molecular formula is C16H22N4. The second-order valence-electron chi connectivity index (χ2n) is 5.66. The van der Waals surface area contributed by atoms with Crippen LogP contribution < -0.4 is 5.73 Å². The van der Waals surface area contributed by atoms with Crippen molar-refractivity contribution in [3.63, 3.8) is 0 Å². The van der Waals surface area contributed by atoms with Gasteiger partial charge in [-0.25, -0.2) is 0 Å². The maximum Gasteiger partial charge on any atom is 0.151 e. The van der Waals surface area contributed by atoms with Gasteiger partial charge in [0.15, 0.2) is 5.82 Å². The highest BCUT2D eigenvalue weighted by molar-refractivity contribution is 5.36. The molecule has 4 heteroatoms. The molecule has 0 radical (unpaired) electrons. The average Bonchev–Trinajstić information content (AvgIpc) is 3.15. The molecule has 4 nitrogen and oxygen atoms in total. The Kier molecular flexibility index (Phi) is 3.57. The molecule has 20 heavy (non-hydrogen) atoms. The van der Waals surface area contributed by atoms with Gasteiger partial charge in [-0.15, -0.1) is 10.2 Å². The SMILES string of the molecule is CCC1(c2nnc(CN)n2-c2ccccc2)CCCC1. The van der Waals surface area contributed by atoms with E-state index in [2.05, 4.69) is 33.8 Å². The van der Waals surface area contributed by atoms with Crippen LogP contribution in [0.25, 0.3) is 5.69 Å². The molecule has 1 aliphatic rings. The van der Waals surface area contributed by atoms with Gasteiger partial charge in [-0.3, -0.25) is 4.57 Å². The summed E-state index contributed by atoms with van der Waals surface area (Å²) in [5.74, 6) is 1.95. The van der Waals surface area contributed by atoms with E-state index in [1.165, 1.54) is 25.7 Å². The van der Waals surface area contributed by atoms with Crippen LogP contribution in [-0.4, -0.2) is 14.8 Å². The molecular weight excluding hydrogens is 248 g/mol. The third-order valence-corrected chi connectivity index (χ3v) is 4.64. The number of hydrogen-bond acceptors (Lipinski definition) is 3. The van der Waals surface area contributed by atoms with Crippen molar-refractivity contribution in [2.75, 3.05) is 0 Å². The van der Waals surface area contributed by atoms with Gasteiger partial charge in [0.1, 0.15) is 5.82 Å². The predicted octanol–water partition coefficient (Wildman–Crippen LogP) is 2.95. The molecule has 0 saturated heterocycles. The van der Waals surface area contributed by atoms with Crippen molar-refractivity contribution in [1.82, 2.24) is 14.8 Å². The number of aromatic nitrogens is 3. The Hall–Kier alpha value is -1.68. The second kappa shape index (κ2) is 5.37. The van der Waals surface area contributed by atoms with Crippen LogP contribution >= 0.6 is 0 Å². The smallest absolute Gasteiger partial charge is 0.151 e. The first-order chi connectivity index (χ1) is 9.80.